The van der Waals surface area contributed by atoms with E-state index in [0.717, 1.165) is 23.4 Å². The van der Waals surface area contributed by atoms with Crippen LogP contribution < -0.4 is 15.0 Å². The summed E-state index contributed by atoms with van der Waals surface area (Å²) in [7, 11) is 1.71. The molecule has 180 valence electrons. The molecular formula is C26H27F3N2O3. The van der Waals surface area contributed by atoms with Crippen LogP contribution in [-0.2, 0) is 22.2 Å². The quantitative estimate of drug-likeness (QED) is 0.557. The average molecular weight is 473 g/mol. The Balaban J connectivity index is 1.69. The van der Waals surface area contributed by atoms with Crippen LogP contribution in [-0.4, -0.2) is 24.5 Å². The standard InChI is InChI=1S/C26H27F3N2O3/c1-4-25(5-2)15-16(18-10-9-17(26(27,28)29)14-22(18)34-25)13-23(32)30-20-7-6-8-21-19(20)11-12-24(33)31(21)3/h6-10,13-14H,4-5,11-12,15H2,1-3H3,(H,30,32)/b16-13+. The molecule has 34 heavy (non-hydrogen) atoms. The minimum Gasteiger partial charge on any atom is -0.486 e. The van der Waals surface area contributed by atoms with Crippen molar-refractivity contribution in [1.82, 2.24) is 0 Å². The Kier molecular flexibility index (Phi) is 6.18. The summed E-state index contributed by atoms with van der Waals surface area (Å²) in [6.07, 6.45) is -0.563. The Hall–Kier alpha value is -3.29. The molecule has 0 fully saturated rings. The van der Waals surface area contributed by atoms with E-state index in [9.17, 15) is 22.8 Å². The third-order valence-corrected chi connectivity index (χ3v) is 6.82. The predicted molar refractivity (Wildman–Crippen MR) is 125 cm³/mol. The number of rotatable bonds is 4. The highest BCUT2D eigenvalue weighted by atomic mass is 19.4. The predicted octanol–water partition coefficient (Wildman–Crippen LogP) is 5.98. The lowest BCUT2D eigenvalue weighted by atomic mass is 9.82. The van der Waals surface area contributed by atoms with Crippen molar-refractivity contribution in [1.29, 1.82) is 0 Å². The summed E-state index contributed by atoms with van der Waals surface area (Å²) in [5.74, 6) is -0.219. The maximum Gasteiger partial charge on any atom is 0.416 e. The van der Waals surface area contributed by atoms with Crippen molar-refractivity contribution in [2.45, 2.75) is 57.7 Å². The zero-order chi connectivity index (χ0) is 24.7. The molecule has 0 saturated carbocycles. The van der Waals surface area contributed by atoms with Gasteiger partial charge in [0.05, 0.1) is 5.56 Å². The fourth-order valence-corrected chi connectivity index (χ4v) is 4.66. The number of carbonyl (C=O) groups excluding carboxylic acids is 2. The van der Waals surface area contributed by atoms with Crippen LogP contribution in [0.25, 0.3) is 5.57 Å². The molecule has 2 aromatic carbocycles. The van der Waals surface area contributed by atoms with Crippen molar-refractivity contribution in [3.63, 3.8) is 0 Å². The zero-order valence-electron chi connectivity index (χ0n) is 19.4. The van der Waals surface area contributed by atoms with E-state index in [0.29, 0.717) is 48.9 Å². The van der Waals surface area contributed by atoms with Gasteiger partial charge in [0, 0.05) is 42.9 Å². The highest BCUT2D eigenvalue weighted by molar-refractivity contribution is 6.06. The minimum atomic E-state index is -4.49. The molecule has 2 heterocycles. The third-order valence-electron chi connectivity index (χ3n) is 6.82. The number of carbonyl (C=O) groups is 2. The van der Waals surface area contributed by atoms with Gasteiger partial charge in [-0.2, -0.15) is 13.2 Å². The second-order valence-electron chi connectivity index (χ2n) is 8.79. The molecule has 0 atom stereocenters. The van der Waals surface area contributed by atoms with Crippen LogP contribution in [0.5, 0.6) is 5.75 Å². The summed E-state index contributed by atoms with van der Waals surface area (Å²) in [5.41, 5.74) is 1.92. The number of fused-ring (bicyclic) bond motifs is 2. The summed E-state index contributed by atoms with van der Waals surface area (Å²) >= 11 is 0. The number of hydrogen-bond acceptors (Lipinski definition) is 3. The Bertz CT molecular complexity index is 1170. The maximum atomic E-state index is 13.3. The van der Waals surface area contributed by atoms with E-state index in [1.807, 2.05) is 19.9 Å². The molecule has 4 rings (SSSR count). The fourth-order valence-electron chi connectivity index (χ4n) is 4.66. The molecule has 2 aromatic rings. The SMILES string of the molecule is CCC1(CC)C/C(=C\C(=O)Nc2cccc3c2CCC(=O)N3C)c2ccc(C(F)(F)F)cc2O1. The Morgan fingerprint density at radius 1 is 1.18 bits per heavy atom. The number of alkyl halides is 3. The normalized spacial score (nSPS) is 18.2. The molecule has 0 bridgehead atoms. The van der Waals surface area contributed by atoms with Gasteiger partial charge in [-0.1, -0.05) is 26.0 Å². The second-order valence-corrected chi connectivity index (χ2v) is 8.79. The van der Waals surface area contributed by atoms with Gasteiger partial charge >= 0.3 is 6.18 Å². The summed E-state index contributed by atoms with van der Waals surface area (Å²) in [6, 6.07) is 8.80. The summed E-state index contributed by atoms with van der Waals surface area (Å²) in [5, 5.41) is 2.91. The highest BCUT2D eigenvalue weighted by Gasteiger charge is 2.38. The topological polar surface area (TPSA) is 58.6 Å². The fraction of sp³-hybridized carbons (Fsp3) is 0.385. The molecule has 2 amide bonds. The Morgan fingerprint density at radius 2 is 1.91 bits per heavy atom. The van der Waals surface area contributed by atoms with E-state index in [2.05, 4.69) is 5.32 Å². The summed E-state index contributed by atoms with van der Waals surface area (Å²) < 4.78 is 46.0. The molecule has 5 nitrogen and oxygen atoms in total. The molecule has 0 spiro atoms. The monoisotopic (exact) mass is 472 g/mol. The van der Waals surface area contributed by atoms with Crippen molar-refractivity contribution >= 4 is 28.8 Å². The Morgan fingerprint density at radius 3 is 2.59 bits per heavy atom. The number of nitrogens with one attached hydrogen (secondary N) is 1. The van der Waals surface area contributed by atoms with E-state index in [1.54, 1.807) is 24.1 Å². The van der Waals surface area contributed by atoms with E-state index in [1.165, 1.54) is 12.1 Å². The molecule has 1 N–H and O–H groups in total. The van der Waals surface area contributed by atoms with Crippen LogP contribution in [0, 0.1) is 0 Å². The molecule has 0 unspecified atom stereocenters. The van der Waals surface area contributed by atoms with Crippen molar-refractivity contribution in [2.75, 3.05) is 17.3 Å². The van der Waals surface area contributed by atoms with Gasteiger partial charge in [-0.3, -0.25) is 9.59 Å². The minimum absolute atomic E-state index is 0.0191. The van der Waals surface area contributed by atoms with Gasteiger partial charge < -0.3 is 15.0 Å². The maximum absolute atomic E-state index is 13.3. The zero-order valence-corrected chi connectivity index (χ0v) is 19.4. The van der Waals surface area contributed by atoms with Crippen molar-refractivity contribution < 1.29 is 27.5 Å². The number of hydrogen-bond donors (Lipinski definition) is 1. The number of nitrogens with zero attached hydrogens (tertiary/aromatic N) is 1. The first-order valence-electron chi connectivity index (χ1n) is 11.4. The molecule has 8 heteroatoms. The first-order chi connectivity index (χ1) is 16.1. The molecular weight excluding hydrogens is 445 g/mol. The van der Waals surface area contributed by atoms with Crippen LogP contribution in [0.4, 0.5) is 24.5 Å². The smallest absolute Gasteiger partial charge is 0.416 e. The van der Waals surface area contributed by atoms with Crippen LogP contribution in [0.15, 0.2) is 42.5 Å². The van der Waals surface area contributed by atoms with Crippen LogP contribution in [0.3, 0.4) is 0 Å². The second kappa shape index (κ2) is 8.81. The van der Waals surface area contributed by atoms with Crippen LogP contribution in [0.1, 0.15) is 56.2 Å². The van der Waals surface area contributed by atoms with Gasteiger partial charge in [-0.15, -0.1) is 0 Å². The molecule has 0 aliphatic carbocycles. The number of benzene rings is 2. The molecule has 2 aliphatic heterocycles. The first-order valence-corrected chi connectivity index (χ1v) is 11.4. The number of ether oxygens (including phenoxy) is 1. The van der Waals surface area contributed by atoms with Gasteiger partial charge in [0.1, 0.15) is 11.4 Å². The number of amides is 2. The van der Waals surface area contributed by atoms with Gasteiger partial charge in [0.15, 0.2) is 0 Å². The summed E-state index contributed by atoms with van der Waals surface area (Å²) in [4.78, 5) is 26.6. The lowest BCUT2D eigenvalue weighted by Gasteiger charge is -2.39. The van der Waals surface area contributed by atoms with Crippen molar-refractivity contribution in [3.8, 4) is 5.75 Å². The first kappa shape index (κ1) is 23.9. The van der Waals surface area contributed by atoms with E-state index < -0.39 is 17.3 Å². The van der Waals surface area contributed by atoms with Gasteiger partial charge in [0.2, 0.25) is 11.8 Å². The van der Waals surface area contributed by atoms with Crippen LogP contribution >= 0.6 is 0 Å². The number of halogens is 3. The van der Waals surface area contributed by atoms with Crippen molar-refractivity contribution in [2.24, 2.45) is 0 Å². The van der Waals surface area contributed by atoms with E-state index in [-0.39, 0.29) is 17.6 Å². The largest absolute Gasteiger partial charge is 0.486 e. The lowest BCUT2D eigenvalue weighted by Crippen LogP contribution is -2.38. The van der Waals surface area contributed by atoms with E-state index >= 15 is 0 Å². The molecule has 2 aliphatic rings. The summed E-state index contributed by atoms with van der Waals surface area (Å²) in [6.45, 7) is 3.85. The molecule has 0 radical (unpaired) electrons. The number of anilines is 2. The molecule has 0 saturated heterocycles. The Labute approximate surface area is 196 Å². The van der Waals surface area contributed by atoms with Gasteiger partial charge in [-0.05, 0) is 54.7 Å². The molecule has 0 aromatic heterocycles. The average Bonchev–Trinajstić information content (AvgIpc) is 2.80. The van der Waals surface area contributed by atoms with Gasteiger partial charge in [0.25, 0.3) is 0 Å². The van der Waals surface area contributed by atoms with Crippen molar-refractivity contribution in [3.05, 3.63) is 59.2 Å². The lowest BCUT2D eigenvalue weighted by molar-refractivity contribution is -0.137. The van der Waals surface area contributed by atoms with E-state index in [4.69, 9.17) is 4.74 Å². The highest BCUT2D eigenvalue weighted by Crippen LogP contribution is 2.45. The third kappa shape index (κ3) is 4.41. The van der Waals surface area contributed by atoms with Crippen LogP contribution in [0.2, 0.25) is 0 Å². The van der Waals surface area contributed by atoms with Gasteiger partial charge in [-0.25, -0.2) is 0 Å².